The highest BCUT2D eigenvalue weighted by Crippen LogP contribution is 2.22. The molecule has 2 atom stereocenters. The van der Waals surface area contributed by atoms with E-state index >= 15 is 0 Å². The number of carbonyl (C=O) groups excluding carboxylic acids is 2. The Morgan fingerprint density at radius 3 is 2.84 bits per heavy atom. The molecule has 1 aliphatic rings. The third kappa shape index (κ3) is 4.82. The van der Waals surface area contributed by atoms with Crippen LogP contribution in [0.15, 0.2) is 53.7 Å². The van der Waals surface area contributed by atoms with Crippen molar-refractivity contribution in [2.45, 2.75) is 18.5 Å². The fraction of sp³-hybridized carbons (Fsp3) is 0.200. The molecule has 0 radical (unpaired) electrons. The minimum absolute atomic E-state index is 0.00151. The van der Waals surface area contributed by atoms with Crippen molar-refractivity contribution < 1.29 is 14.0 Å². The highest BCUT2D eigenvalue weighted by molar-refractivity contribution is 7.18. The average molecular weight is 462 g/mol. The molecule has 2 amide bonds. The zero-order valence-corrected chi connectivity index (χ0v) is 17.5. The molecule has 1 aromatic carbocycles. The van der Waals surface area contributed by atoms with Gasteiger partial charge in [-0.05, 0) is 30.7 Å². The molecule has 8 nitrogen and oxygen atoms in total. The molecule has 4 rings (SSSR count). The predicted molar refractivity (Wildman–Crippen MR) is 115 cm³/mol. The molecule has 0 saturated carbocycles. The molecule has 1 saturated heterocycles. The number of amides is 2. The van der Waals surface area contributed by atoms with Gasteiger partial charge >= 0.3 is 0 Å². The quantitative estimate of drug-likeness (QED) is 0.540. The van der Waals surface area contributed by atoms with Gasteiger partial charge in [0, 0.05) is 31.0 Å². The summed E-state index contributed by atoms with van der Waals surface area (Å²) in [6.45, 7) is 0.412. The number of thiophene rings is 1. The van der Waals surface area contributed by atoms with Crippen LogP contribution in [-0.2, 0) is 4.79 Å². The summed E-state index contributed by atoms with van der Waals surface area (Å²) < 4.78 is 16.3. The number of rotatable bonds is 5. The van der Waals surface area contributed by atoms with Crippen molar-refractivity contribution in [3.8, 4) is 5.69 Å². The molecule has 2 aromatic heterocycles. The summed E-state index contributed by atoms with van der Waals surface area (Å²) >= 11 is 7.03. The van der Waals surface area contributed by atoms with Gasteiger partial charge in [-0.3, -0.25) is 23.9 Å². The number of hydrogen-bond donors (Lipinski definition) is 3. The van der Waals surface area contributed by atoms with E-state index in [2.05, 4.69) is 20.9 Å². The van der Waals surface area contributed by atoms with E-state index < -0.39 is 23.3 Å². The summed E-state index contributed by atoms with van der Waals surface area (Å²) in [5.41, 5.74) is -0.0801. The molecule has 160 valence electrons. The first kappa shape index (κ1) is 21.2. The fourth-order valence-corrected chi connectivity index (χ4v) is 4.22. The van der Waals surface area contributed by atoms with E-state index in [1.54, 1.807) is 12.1 Å². The Morgan fingerprint density at radius 1 is 1.29 bits per heavy atom. The molecule has 3 aromatic rings. The number of benzene rings is 1. The Bertz CT molecular complexity index is 1200. The van der Waals surface area contributed by atoms with Gasteiger partial charge in [-0.15, -0.1) is 11.3 Å². The third-order valence-electron chi connectivity index (χ3n) is 4.79. The van der Waals surface area contributed by atoms with Crippen molar-refractivity contribution in [2.75, 3.05) is 11.9 Å². The number of halogens is 2. The Hall–Kier alpha value is -3.08. The largest absolute Gasteiger partial charge is 0.347 e. The van der Waals surface area contributed by atoms with E-state index in [-0.39, 0.29) is 17.6 Å². The second-order valence-corrected chi connectivity index (χ2v) is 8.62. The van der Waals surface area contributed by atoms with Gasteiger partial charge in [0.05, 0.1) is 32.8 Å². The van der Waals surface area contributed by atoms with Crippen LogP contribution in [0.25, 0.3) is 5.69 Å². The van der Waals surface area contributed by atoms with Crippen molar-refractivity contribution in [3.05, 3.63) is 74.3 Å². The SMILES string of the molecule is O=C(NC1CNC(C(=O)Nc2ccc(-n3ccncc3=O)cc2F)C1)c1ccc(Cl)s1. The number of nitrogens with zero attached hydrogens (tertiary/aromatic N) is 2. The van der Waals surface area contributed by atoms with Crippen LogP contribution in [0.2, 0.25) is 4.34 Å². The van der Waals surface area contributed by atoms with Crippen LogP contribution < -0.4 is 21.5 Å². The van der Waals surface area contributed by atoms with Gasteiger partial charge in [0.25, 0.3) is 11.5 Å². The average Bonchev–Trinajstić information content (AvgIpc) is 3.39. The molecule has 3 N–H and O–H groups in total. The number of anilines is 1. The van der Waals surface area contributed by atoms with Gasteiger partial charge in [0.1, 0.15) is 5.82 Å². The molecular formula is C20H17ClFN5O3S. The second kappa shape index (κ2) is 8.96. The van der Waals surface area contributed by atoms with E-state index in [4.69, 9.17) is 11.6 Å². The van der Waals surface area contributed by atoms with Crippen molar-refractivity contribution >= 4 is 40.4 Å². The normalized spacial score (nSPS) is 18.0. The summed E-state index contributed by atoms with van der Waals surface area (Å²) in [5.74, 6) is -1.34. The molecule has 0 spiro atoms. The van der Waals surface area contributed by atoms with Gasteiger partial charge in [-0.25, -0.2) is 4.39 Å². The minimum Gasteiger partial charge on any atom is -0.347 e. The zero-order chi connectivity index (χ0) is 22.0. The molecule has 0 bridgehead atoms. The summed E-state index contributed by atoms with van der Waals surface area (Å²) in [5, 5.41) is 8.44. The highest BCUT2D eigenvalue weighted by atomic mass is 35.5. The van der Waals surface area contributed by atoms with E-state index in [9.17, 15) is 18.8 Å². The van der Waals surface area contributed by atoms with E-state index in [0.29, 0.717) is 27.9 Å². The van der Waals surface area contributed by atoms with Crippen molar-refractivity contribution in [1.82, 2.24) is 20.2 Å². The van der Waals surface area contributed by atoms with Gasteiger partial charge in [-0.2, -0.15) is 0 Å². The number of nitrogens with one attached hydrogen (secondary N) is 3. The summed E-state index contributed by atoms with van der Waals surface area (Å²) in [4.78, 5) is 40.8. The first-order valence-electron chi connectivity index (χ1n) is 9.34. The van der Waals surface area contributed by atoms with Gasteiger partial charge in [0.2, 0.25) is 5.91 Å². The highest BCUT2D eigenvalue weighted by Gasteiger charge is 2.31. The number of hydrogen-bond acceptors (Lipinski definition) is 6. The zero-order valence-electron chi connectivity index (χ0n) is 16.0. The first-order chi connectivity index (χ1) is 14.9. The topological polar surface area (TPSA) is 105 Å². The Labute approximate surface area is 185 Å². The molecule has 0 aliphatic carbocycles. The Balaban J connectivity index is 1.37. The summed E-state index contributed by atoms with van der Waals surface area (Å²) in [6.07, 6.45) is 4.34. The first-order valence-corrected chi connectivity index (χ1v) is 10.5. The smallest absolute Gasteiger partial charge is 0.273 e. The maximum atomic E-state index is 14.5. The molecule has 11 heteroatoms. The van der Waals surface area contributed by atoms with E-state index in [1.165, 1.54) is 40.4 Å². The van der Waals surface area contributed by atoms with Crippen LogP contribution in [0, 0.1) is 5.82 Å². The molecule has 1 aliphatic heterocycles. The van der Waals surface area contributed by atoms with Crippen molar-refractivity contribution in [2.24, 2.45) is 0 Å². The van der Waals surface area contributed by atoms with Gasteiger partial charge in [-0.1, -0.05) is 11.6 Å². The van der Waals surface area contributed by atoms with E-state index in [0.717, 1.165) is 12.3 Å². The maximum Gasteiger partial charge on any atom is 0.273 e. The lowest BCUT2D eigenvalue weighted by Gasteiger charge is -2.13. The Kier molecular flexibility index (Phi) is 6.12. The van der Waals surface area contributed by atoms with Crippen molar-refractivity contribution in [1.29, 1.82) is 0 Å². The van der Waals surface area contributed by atoms with Crippen LogP contribution in [0.3, 0.4) is 0 Å². The lowest BCUT2D eigenvalue weighted by Crippen LogP contribution is -2.35. The molecule has 31 heavy (non-hydrogen) atoms. The summed E-state index contributed by atoms with van der Waals surface area (Å²) in [6, 6.07) is 6.54. The monoisotopic (exact) mass is 461 g/mol. The maximum absolute atomic E-state index is 14.5. The minimum atomic E-state index is -0.674. The van der Waals surface area contributed by atoms with Crippen LogP contribution in [0.4, 0.5) is 10.1 Å². The van der Waals surface area contributed by atoms with Crippen molar-refractivity contribution in [3.63, 3.8) is 0 Å². The number of carbonyl (C=O) groups is 2. The second-order valence-electron chi connectivity index (χ2n) is 6.91. The van der Waals surface area contributed by atoms with Crippen LogP contribution >= 0.6 is 22.9 Å². The molecule has 1 fully saturated rings. The summed E-state index contributed by atoms with van der Waals surface area (Å²) in [7, 11) is 0. The standard InChI is InChI=1S/C20H17ClFN5O3S/c21-17-4-3-16(31-17)20(30)25-11-7-15(24-9-11)19(29)26-14-2-1-12(8-13(14)22)27-6-5-23-10-18(27)28/h1-6,8,10-11,15,24H,7,9H2,(H,25,30)(H,26,29). The molecular weight excluding hydrogens is 445 g/mol. The molecule has 2 unspecified atom stereocenters. The van der Waals surface area contributed by atoms with Crippen LogP contribution in [0.5, 0.6) is 0 Å². The van der Waals surface area contributed by atoms with Crippen LogP contribution in [-0.4, -0.2) is 40.0 Å². The van der Waals surface area contributed by atoms with E-state index in [1.807, 2.05) is 0 Å². The lowest BCUT2D eigenvalue weighted by molar-refractivity contribution is -0.117. The number of aromatic nitrogens is 2. The fourth-order valence-electron chi connectivity index (χ4n) is 3.27. The van der Waals surface area contributed by atoms with Crippen LogP contribution in [0.1, 0.15) is 16.1 Å². The molecule has 3 heterocycles. The predicted octanol–water partition coefficient (Wildman–Crippen LogP) is 2.19. The Morgan fingerprint density at radius 2 is 2.13 bits per heavy atom. The third-order valence-corrected chi connectivity index (χ3v) is 6.02. The van der Waals surface area contributed by atoms with Gasteiger partial charge < -0.3 is 16.0 Å². The van der Waals surface area contributed by atoms with Gasteiger partial charge in [0.15, 0.2) is 0 Å². The lowest BCUT2D eigenvalue weighted by atomic mass is 10.1.